The molecule has 0 bridgehead atoms. The molecule has 7 heteroatoms. The van der Waals surface area contributed by atoms with Gasteiger partial charge in [0.25, 0.3) is 0 Å². The Labute approximate surface area is 156 Å². The lowest BCUT2D eigenvalue weighted by Crippen LogP contribution is -2.55. The van der Waals surface area contributed by atoms with E-state index in [0.29, 0.717) is 6.42 Å². The van der Waals surface area contributed by atoms with Crippen LogP contribution in [-0.2, 0) is 14.6 Å². The molecular formula is C19H29N3O3S. The average Bonchev–Trinajstić information content (AvgIpc) is 2.95. The van der Waals surface area contributed by atoms with E-state index >= 15 is 0 Å². The Morgan fingerprint density at radius 1 is 1.19 bits per heavy atom. The number of carbonyl (C=O) groups is 1. The van der Waals surface area contributed by atoms with Crippen molar-refractivity contribution in [3.63, 3.8) is 0 Å². The number of aryl methyl sites for hydroxylation is 1. The Kier molecular flexibility index (Phi) is 5.58. The first kappa shape index (κ1) is 19.2. The van der Waals surface area contributed by atoms with Crippen LogP contribution in [0.5, 0.6) is 0 Å². The third kappa shape index (κ3) is 4.20. The zero-order chi connectivity index (χ0) is 18.9. The minimum atomic E-state index is -2.97. The van der Waals surface area contributed by atoms with E-state index in [1.165, 1.54) is 16.8 Å². The first-order valence-corrected chi connectivity index (χ1v) is 11.1. The summed E-state index contributed by atoms with van der Waals surface area (Å²) < 4.78 is 23.1. The van der Waals surface area contributed by atoms with Crippen LogP contribution in [0.15, 0.2) is 18.2 Å². The van der Waals surface area contributed by atoms with Crippen LogP contribution in [0.2, 0.25) is 0 Å². The normalized spacial score (nSPS) is 24.4. The lowest BCUT2D eigenvalue weighted by atomic mass is 10.1. The van der Waals surface area contributed by atoms with Gasteiger partial charge in [-0.2, -0.15) is 0 Å². The van der Waals surface area contributed by atoms with Crippen molar-refractivity contribution in [2.75, 3.05) is 42.6 Å². The summed E-state index contributed by atoms with van der Waals surface area (Å²) in [7, 11) is -2.97. The molecule has 1 amide bonds. The molecule has 2 aliphatic rings. The van der Waals surface area contributed by atoms with E-state index in [4.69, 9.17) is 0 Å². The number of amides is 1. The summed E-state index contributed by atoms with van der Waals surface area (Å²) in [6, 6.07) is 5.92. The summed E-state index contributed by atoms with van der Waals surface area (Å²) in [5.74, 6) is 0.194. The third-order valence-electron chi connectivity index (χ3n) is 5.74. The molecule has 2 saturated heterocycles. The molecule has 0 saturated carbocycles. The number of rotatable bonds is 4. The first-order chi connectivity index (χ1) is 12.3. The van der Waals surface area contributed by atoms with E-state index < -0.39 is 9.84 Å². The van der Waals surface area contributed by atoms with Gasteiger partial charge in [-0.15, -0.1) is 0 Å². The highest BCUT2D eigenvalue weighted by molar-refractivity contribution is 7.91. The number of hydrogen-bond acceptors (Lipinski definition) is 5. The van der Waals surface area contributed by atoms with Gasteiger partial charge in [0.15, 0.2) is 9.84 Å². The Balaban J connectivity index is 1.54. The van der Waals surface area contributed by atoms with Crippen molar-refractivity contribution in [3.05, 3.63) is 29.3 Å². The van der Waals surface area contributed by atoms with Crippen LogP contribution in [-0.4, -0.2) is 69.0 Å². The zero-order valence-corrected chi connectivity index (χ0v) is 16.7. The van der Waals surface area contributed by atoms with Gasteiger partial charge in [0.05, 0.1) is 17.5 Å². The number of nitrogens with one attached hydrogen (secondary N) is 1. The van der Waals surface area contributed by atoms with Gasteiger partial charge in [-0.1, -0.05) is 12.1 Å². The number of piperazine rings is 1. The second-order valence-electron chi connectivity index (χ2n) is 7.53. The molecule has 1 aromatic rings. The van der Waals surface area contributed by atoms with Gasteiger partial charge < -0.3 is 10.2 Å². The summed E-state index contributed by atoms with van der Waals surface area (Å²) in [5.41, 5.74) is 3.89. The Morgan fingerprint density at radius 3 is 2.50 bits per heavy atom. The molecule has 1 aromatic carbocycles. The number of hydrogen-bond donors (Lipinski definition) is 1. The van der Waals surface area contributed by atoms with Gasteiger partial charge in [0, 0.05) is 37.9 Å². The van der Waals surface area contributed by atoms with E-state index in [9.17, 15) is 13.2 Å². The highest BCUT2D eigenvalue weighted by Crippen LogP contribution is 2.24. The number of sulfone groups is 1. The summed E-state index contributed by atoms with van der Waals surface area (Å²) in [6.45, 7) is 9.62. The predicted molar refractivity (Wildman–Crippen MR) is 104 cm³/mol. The molecule has 2 atom stereocenters. The van der Waals surface area contributed by atoms with E-state index in [0.717, 1.165) is 26.2 Å². The Morgan fingerprint density at radius 2 is 1.88 bits per heavy atom. The Bertz CT molecular complexity index is 770. The molecule has 6 nitrogen and oxygen atoms in total. The van der Waals surface area contributed by atoms with E-state index in [1.807, 2.05) is 6.92 Å². The molecule has 0 unspecified atom stereocenters. The van der Waals surface area contributed by atoms with Crippen molar-refractivity contribution < 1.29 is 13.2 Å². The van der Waals surface area contributed by atoms with Crippen LogP contribution in [0.25, 0.3) is 0 Å². The van der Waals surface area contributed by atoms with Gasteiger partial charge in [0.1, 0.15) is 0 Å². The van der Waals surface area contributed by atoms with E-state index in [2.05, 4.69) is 47.2 Å². The van der Waals surface area contributed by atoms with Crippen molar-refractivity contribution >= 4 is 21.4 Å². The molecule has 2 fully saturated rings. The second-order valence-corrected chi connectivity index (χ2v) is 9.76. The predicted octanol–water partition coefficient (Wildman–Crippen LogP) is 1.12. The molecule has 1 N–H and O–H groups in total. The molecule has 2 aliphatic heterocycles. The maximum atomic E-state index is 12.5. The molecule has 0 spiro atoms. The van der Waals surface area contributed by atoms with Gasteiger partial charge >= 0.3 is 0 Å². The van der Waals surface area contributed by atoms with Crippen molar-refractivity contribution in [2.24, 2.45) is 0 Å². The fourth-order valence-corrected chi connectivity index (χ4v) is 5.50. The smallest absolute Gasteiger partial charge is 0.237 e. The SMILES string of the molecule is Cc1cccc(N2CCN([C@H](C)C(=O)N[C@H]3CCS(=O)(=O)C3)CC2)c1C. The van der Waals surface area contributed by atoms with Crippen molar-refractivity contribution in [1.29, 1.82) is 0 Å². The summed E-state index contributed by atoms with van der Waals surface area (Å²) in [5, 5.41) is 2.92. The molecule has 26 heavy (non-hydrogen) atoms. The number of carbonyl (C=O) groups excluding carboxylic acids is 1. The maximum Gasteiger partial charge on any atom is 0.237 e. The molecule has 0 aromatic heterocycles. The van der Waals surface area contributed by atoms with Crippen LogP contribution >= 0.6 is 0 Å². The summed E-state index contributed by atoms with van der Waals surface area (Å²) >= 11 is 0. The molecule has 2 heterocycles. The van der Waals surface area contributed by atoms with Gasteiger partial charge in [0.2, 0.25) is 5.91 Å². The third-order valence-corrected chi connectivity index (χ3v) is 7.50. The van der Waals surface area contributed by atoms with Crippen molar-refractivity contribution in [2.45, 2.75) is 39.3 Å². The standard InChI is InChI=1S/C19H29N3O3S/c1-14-5-4-6-18(15(14)2)22-10-8-21(9-11-22)16(3)19(23)20-17-7-12-26(24,25)13-17/h4-6,16-17H,7-13H2,1-3H3,(H,20,23)/t16-,17+/m1/s1. The van der Waals surface area contributed by atoms with E-state index in [-0.39, 0.29) is 29.5 Å². The fraction of sp³-hybridized carbons (Fsp3) is 0.632. The topological polar surface area (TPSA) is 69.7 Å². The van der Waals surface area contributed by atoms with Crippen molar-refractivity contribution in [1.82, 2.24) is 10.2 Å². The molecule has 0 aliphatic carbocycles. The summed E-state index contributed by atoms with van der Waals surface area (Å²) in [6.07, 6.45) is 0.529. The first-order valence-electron chi connectivity index (χ1n) is 9.33. The summed E-state index contributed by atoms with van der Waals surface area (Å²) in [4.78, 5) is 17.1. The van der Waals surface area contributed by atoms with Crippen LogP contribution in [0.3, 0.4) is 0 Å². The maximum absolute atomic E-state index is 12.5. The van der Waals surface area contributed by atoms with Gasteiger partial charge in [-0.05, 0) is 44.4 Å². The number of nitrogens with zero attached hydrogens (tertiary/aromatic N) is 2. The van der Waals surface area contributed by atoms with Crippen LogP contribution in [0.1, 0.15) is 24.5 Å². The molecule has 144 valence electrons. The second kappa shape index (κ2) is 7.56. The van der Waals surface area contributed by atoms with Crippen LogP contribution in [0, 0.1) is 13.8 Å². The molecule has 3 rings (SSSR count). The Hall–Kier alpha value is -1.60. The molecule has 0 radical (unpaired) electrons. The number of anilines is 1. The van der Waals surface area contributed by atoms with Crippen LogP contribution in [0.4, 0.5) is 5.69 Å². The van der Waals surface area contributed by atoms with Gasteiger partial charge in [-0.3, -0.25) is 9.69 Å². The lowest BCUT2D eigenvalue weighted by molar-refractivity contribution is -0.126. The van der Waals surface area contributed by atoms with E-state index in [1.54, 1.807) is 0 Å². The fourth-order valence-electron chi connectivity index (χ4n) is 3.82. The minimum absolute atomic E-state index is 0.0627. The number of benzene rings is 1. The quantitative estimate of drug-likeness (QED) is 0.849. The highest BCUT2D eigenvalue weighted by Gasteiger charge is 2.32. The zero-order valence-electron chi connectivity index (χ0n) is 15.9. The van der Waals surface area contributed by atoms with Crippen LogP contribution < -0.4 is 10.2 Å². The van der Waals surface area contributed by atoms with Gasteiger partial charge in [-0.25, -0.2) is 8.42 Å². The minimum Gasteiger partial charge on any atom is -0.369 e. The molecular weight excluding hydrogens is 350 g/mol. The highest BCUT2D eigenvalue weighted by atomic mass is 32.2. The average molecular weight is 380 g/mol. The van der Waals surface area contributed by atoms with Crippen molar-refractivity contribution in [3.8, 4) is 0 Å². The monoisotopic (exact) mass is 379 g/mol. The lowest BCUT2D eigenvalue weighted by Gasteiger charge is -2.39. The largest absolute Gasteiger partial charge is 0.369 e.